The van der Waals surface area contributed by atoms with Gasteiger partial charge in [0.15, 0.2) is 0 Å². The first kappa shape index (κ1) is 30.4. The first-order valence-electron chi connectivity index (χ1n) is 16.6. The van der Waals surface area contributed by atoms with Crippen LogP contribution in [-0.2, 0) is 19.2 Å². The minimum atomic E-state index is -1.06. The highest BCUT2D eigenvalue weighted by molar-refractivity contribution is 6.37. The number of nitrogens with one attached hydrogen (secondary N) is 3. The molecule has 7 rings (SSSR count). The first-order chi connectivity index (χ1) is 20.1. The summed E-state index contributed by atoms with van der Waals surface area (Å²) in [5, 5.41) is 9.22. The summed E-state index contributed by atoms with van der Waals surface area (Å²) in [5.74, 6) is -0.170. The highest BCUT2D eigenvalue weighted by Gasteiger charge is 2.70. The van der Waals surface area contributed by atoms with Crippen LogP contribution in [0.15, 0.2) is 0 Å². The number of hydrogen-bond acceptors (Lipinski definition) is 5. The number of amides is 5. The van der Waals surface area contributed by atoms with Crippen molar-refractivity contribution in [3.8, 4) is 0 Å². The molecule has 4 bridgehead atoms. The van der Waals surface area contributed by atoms with Gasteiger partial charge >= 0.3 is 6.03 Å². The summed E-state index contributed by atoms with van der Waals surface area (Å²) in [5.41, 5.74) is 4.43. The first-order valence-corrected chi connectivity index (χ1v) is 16.6. The van der Waals surface area contributed by atoms with E-state index in [0.29, 0.717) is 30.7 Å². The van der Waals surface area contributed by atoms with Crippen molar-refractivity contribution in [2.24, 2.45) is 52.1 Å². The standard InChI is InChI=1S/C33H51N5O5/c1-31(2,3)26(36-30(43)37-33-13-18-9-19(14-33)11-20(10-18)15-33)29(42)38-16-21-23(32(21,4)5)24(38)28(41)35-22(25(39)27(34)40)12-17-7-6-8-17/h17-24,26H,6-16H2,1-5H3,(H2,34,40)(H,35,41)(H2,36,37,43)/t18?,19?,20?,21-,22?,23-,24-,26+,33?/m0/s1. The summed E-state index contributed by atoms with van der Waals surface area (Å²) < 4.78 is 0. The fourth-order valence-electron chi connectivity index (χ4n) is 10.0. The molecule has 6 aliphatic carbocycles. The lowest BCUT2D eigenvalue weighted by Crippen LogP contribution is -2.65. The maximum absolute atomic E-state index is 14.3. The molecule has 5 amide bonds. The van der Waals surface area contributed by atoms with Gasteiger partial charge in [-0.05, 0) is 91.3 Å². The Bertz CT molecular complexity index is 1170. The van der Waals surface area contributed by atoms with Crippen molar-refractivity contribution in [3.63, 3.8) is 0 Å². The summed E-state index contributed by atoms with van der Waals surface area (Å²) in [6.07, 6.45) is 10.2. The van der Waals surface area contributed by atoms with Crippen molar-refractivity contribution in [1.29, 1.82) is 0 Å². The van der Waals surface area contributed by atoms with Gasteiger partial charge < -0.3 is 26.6 Å². The monoisotopic (exact) mass is 597 g/mol. The molecule has 7 aliphatic rings. The summed E-state index contributed by atoms with van der Waals surface area (Å²) in [6.45, 7) is 10.4. The van der Waals surface area contributed by atoms with Crippen molar-refractivity contribution in [3.05, 3.63) is 0 Å². The quantitative estimate of drug-likeness (QED) is 0.302. The third-order valence-corrected chi connectivity index (χ3v) is 12.2. The average Bonchev–Trinajstić information content (AvgIpc) is 3.18. The fourth-order valence-corrected chi connectivity index (χ4v) is 10.0. The molecule has 0 aromatic heterocycles. The largest absolute Gasteiger partial charge is 0.363 e. The Labute approximate surface area is 255 Å². The van der Waals surface area contributed by atoms with Crippen LogP contribution in [0.4, 0.5) is 4.79 Å². The van der Waals surface area contributed by atoms with Crippen molar-refractivity contribution in [1.82, 2.24) is 20.9 Å². The number of hydrogen-bond donors (Lipinski definition) is 4. The minimum Gasteiger partial charge on any atom is -0.363 e. The Morgan fingerprint density at radius 2 is 1.51 bits per heavy atom. The van der Waals surface area contributed by atoms with Crippen molar-refractivity contribution in [2.75, 3.05) is 6.54 Å². The lowest BCUT2D eigenvalue weighted by molar-refractivity contribution is -0.145. The van der Waals surface area contributed by atoms with Crippen LogP contribution in [0.2, 0.25) is 0 Å². The minimum absolute atomic E-state index is 0.0639. The Morgan fingerprint density at radius 1 is 0.930 bits per heavy atom. The highest BCUT2D eigenvalue weighted by Crippen LogP contribution is 2.65. The lowest BCUT2D eigenvalue weighted by Gasteiger charge is -2.56. The third kappa shape index (κ3) is 5.56. The SMILES string of the molecule is CC(C)(C)[C@H](NC(=O)NC12CC3CC(CC(C3)C1)C2)C(=O)N1C[C@H]2[C@@H]([C@H]1C(=O)NC(CC1CCC1)C(=O)C(N)=O)C2(C)C. The summed E-state index contributed by atoms with van der Waals surface area (Å²) >= 11 is 0. The maximum Gasteiger partial charge on any atom is 0.315 e. The molecule has 1 heterocycles. The number of Topliss-reactive ketones (excluding diaryl/α,β-unsaturated/α-hetero) is 1. The van der Waals surface area contributed by atoms with E-state index in [1.54, 1.807) is 4.90 Å². The summed E-state index contributed by atoms with van der Waals surface area (Å²) in [6, 6.07) is -2.92. The molecule has 0 aromatic carbocycles. The van der Waals surface area contributed by atoms with Gasteiger partial charge in [-0.1, -0.05) is 53.9 Å². The Balaban J connectivity index is 1.18. The fraction of sp³-hybridized carbons (Fsp3) is 0.848. The van der Waals surface area contributed by atoms with Gasteiger partial charge in [-0.25, -0.2) is 4.79 Å². The number of fused-ring (bicyclic) bond motifs is 1. The second-order valence-corrected chi connectivity index (χ2v) is 16.8. The van der Waals surface area contributed by atoms with Gasteiger partial charge in [0.2, 0.25) is 17.6 Å². The van der Waals surface area contributed by atoms with Gasteiger partial charge in [0, 0.05) is 12.1 Å². The molecule has 43 heavy (non-hydrogen) atoms. The molecule has 0 spiro atoms. The van der Waals surface area contributed by atoms with Crippen LogP contribution in [0.5, 0.6) is 0 Å². The van der Waals surface area contributed by atoms with Crippen LogP contribution >= 0.6 is 0 Å². The summed E-state index contributed by atoms with van der Waals surface area (Å²) in [7, 11) is 0. The third-order valence-electron chi connectivity index (χ3n) is 12.2. The van der Waals surface area contributed by atoms with Gasteiger partial charge in [0.1, 0.15) is 12.1 Å². The molecule has 0 aromatic rings. The number of likely N-dealkylation sites (tertiary alicyclic amines) is 1. The molecule has 1 saturated heterocycles. The van der Waals surface area contributed by atoms with Crippen LogP contribution in [-0.4, -0.2) is 64.6 Å². The summed E-state index contributed by atoms with van der Waals surface area (Å²) in [4.78, 5) is 67.9. The van der Waals surface area contributed by atoms with Gasteiger partial charge in [-0.2, -0.15) is 0 Å². The number of nitrogens with zero attached hydrogens (tertiary/aromatic N) is 1. The predicted molar refractivity (Wildman–Crippen MR) is 160 cm³/mol. The van der Waals surface area contributed by atoms with E-state index in [0.717, 1.165) is 38.5 Å². The zero-order chi connectivity index (χ0) is 31.1. The lowest BCUT2D eigenvalue weighted by atomic mass is 9.53. The predicted octanol–water partition coefficient (Wildman–Crippen LogP) is 2.88. The van der Waals surface area contributed by atoms with Crippen molar-refractivity contribution >= 4 is 29.5 Å². The van der Waals surface area contributed by atoms with Crippen LogP contribution < -0.4 is 21.7 Å². The normalized spacial score (nSPS) is 36.6. The Kier molecular flexibility index (Phi) is 7.40. The number of piperidine rings is 1. The van der Waals surface area contributed by atoms with E-state index < -0.39 is 41.1 Å². The molecule has 6 saturated carbocycles. The number of ketones is 1. The Hall–Kier alpha value is -2.65. The van der Waals surface area contributed by atoms with Crippen LogP contribution in [0.3, 0.4) is 0 Å². The molecule has 5 atom stereocenters. The van der Waals surface area contributed by atoms with Crippen molar-refractivity contribution < 1.29 is 24.0 Å². The molecule has 10 heteroatoms. The van der Waals surface area contributed by atoms with E-state index >= 15 is 0 Å². The molecule has 238 valence electrons. The maximum atomic E-state index is 14.3. The highest BCUT2D eigenvalue weighted by atomic mass is 16.2. The second-order valence-electron chi connectivity index (χ2n) is 16.8. The zero-order valence-corrected chi connectivity index (χ0v) is 26.5. The number of rotatable bonds is 9. The zero-order valence-electron chi connectivity index (χ0n) is 26.5. The molecule has 7 fully saturated rings. The average molecular weight is 598 g/mol. The van der Waals surface area contributed by atoms with Gasteiger partial charge in [-0.15, -0.1) is 0 Å². The van der Waals surface area contributed by atoms with E-state index in [2.05, 4.69) is 29.8 Å². The van der Waals surface area contributed by atoms with E-state index in [9.17, 15) is 24.0 Å². The molecular formula is C33H51N5O5. The van der Waals surface area contributed by atoms with Gasteiger partial charge in [-0.3, -0.25) is 19.2 Å². The second kappa shape index (κ2) is 10.5. The molecule has 10 nitrogen and oxygen atoms in total. The number of nitrogens with two attached hydrogens (primary N) is 1. The smallest absolute Gasteiger partial charge is 0.315 e. The molecule has 1 aliphatic heterocycles. The van der Waals surface area contributed by atoms with Gasteiger partial charge in [0.25, 0.3) is 5.91 Å². The molecule has 0 radical (unpaired) electrons. The molecule has 5 N–H and O–H groups in total. The van der Waals surface area contributed by atoms with E-state index in [4.69, 9.17) is 5.73 Å². The van der Waals surface area contributed by atoms with E-state index in [1.807, 2.05) is 20.8 Å². The van der Waals surface area contributed by atoms with Crippen LogP contribution in [0.25, 0.3) is 0 Å². The van der Waals surface area contributed by atoms with E-state index in [-0.39, 0.29) is 40.6 Å². The Morgan fingerprint density at radius 3 is 2.00 bits per heavy atom. The van der Waals surface area contributed by atoms with Crippen LogP contribution in [0.1, 0.15) is 98.8 Å². The van der Waals surface area contributed by atoms with Gasteiger partial charge in [0.05, 0.1) is 6.04 Å². The van der Waals surface area contributed by atoms with Crippen molar-refractivity contribution in [2.45, 2.75) is 122 Å². The molecule has 1 unspecified atom stereocenters. The topological polar surface area (TPSA) is 151 Å². The number of carbonyl (C=O) groups excluding carboxylic acids is 5. The van der Waals surface area contributed by atoms with Crippen LogP contribution in [0, 0.1) is 46.3 Å². The number of urea groups is 1. The van der Waals surface area contributed by atoms with E-state index in [1.165, 1.54) is 19.3 Å². The number of carbonyl (C=O) groups is 5. The number of primary amides is 1. The molecular weight excluding hydrogens is 546 g/mol.